The van der Waals surface area contributed by atoms with Crippen molar-refractivity contribution in [2.45, 2.75) is 19.3 Å². The van der Waals surface area contributed by atoms with Crippen molar-refractivity contribution in [2.24, 2.45) is 11.8 Å². The molecule has 1 heterocycles. The molecule has 0 aromatic rings. The fraction of sp³-hybridized carbons (Fsp3) is 0.778. The molecule has 2 aliphatic rings. The topological polar surface area (TPSA) is 44.1 Å². The molecule has 2 atom stereocenters. The van der Waals surface area contributed by atoms with Gasteiger partial charge < -0.3 is 4.90 Å². The summed E-state index contributed by atoms with van der Waals surface area (Å²) in [6.45, 7) is 1.66. The van der Waals surface area contributed by atoms with Crippen LogP contribution in [-0.4, -0.2) is 23.9 Å². The van der Waals surface area contributed by atoms with E-state index in [-0.39, 0.29) is 5.91 Å². The van der Waals surface area contributed by atoms with Crippen LogP contribution in [0, 0.1) is 23.2 Å². The number of rotatable bonds is 0. The van der Waals surface area contributed by atoms with E-state index >= 15 is 0 Å². The summed E-state index contributed by atoms with van der Waals surface area (Å²) in [5, 5.41) is 8.42. The SMILES string of the molecule is N#CC(=O)N1CC2CCCC2C1. The molecule has 0 aromatic heterocycles. The van der Waals surface area contributed by atoms with E-state index in [2.05, 4.69) is 0 Å². The minimum absolute atomic E-state index is 0.343. The standard InChI is InChI=1S/C9H12N2O/c10-4-9(12)11-5-7-2-1-3-8(7)6-11/h7-8H,1-3,5-6H2. The van der Waals surface area contributed by atoms with Gasteiger partial charge in [-0.15, -0.1) is 0 Å². The lowest BCUT2D eigenvalue weighted by molar-refractivity contribution is -0.124. The van der Waals surface area contributed by atoms with Crippen molar-refractivity contribution in [3.63, 3.8) is 0 Å². The predicted octanol–water partition coefficient (Wildman–Crippen LogP) is 0.768. The van der Waals surface area contributed by atoms with E-state index in [4.69, 9.17) is 5.26 Å². The Morgan fingerprint density at radius 1 is 1.33 bits per heavy atom. The fourth-order valence-electron chi connectivity index (χ4n) is 2.47. The van der Waals surface area contributed by atoms with E-state index in [9.17, 15) is 4.79 Å². The van der Waals surface area contributed by atoms with Crippen molar-refractivity contribution < 1.29 is 4.79 Å². The highest BCUT2D eigenvalue weighted by Gasteiger charge is 2.37. The number of nitrogens with zero attached hydrogens (tertiary/aromatic N) is 2. The lowest BCUT2D eigenvalue weighted by atomic mass is 10.0. The van der Waals surface area contributed by atoms with Crippen LogP contribution in [0.15, 0.2) is 0 Å². The number of hydrogen-bond acceptors (Lipinski definition) is 2. The van der Waals surface area contributed by atoms with Crippen molar-refractivity contribution in [1.29, 1.82) is 5.26 Å². The number of nitriles is 1. The molecule has 0 radical (unpaired) electrons. The molecule has 0 bridgehead atoms. The van der Waals surface area contributed by atoms with Crippen LogP contribution in [0.4, 0.5) is 0 Å². The highest BCUT2D eigenvalue weighted by Crippen LogP contribution is 2.37. The molecule has 0 aromatic carbocycles. The van der Waals surface area contributed by atoms with Gasteiger partial charge in [-0.05, 0) is 24.7 Å². The van der Waals surface area contributed by atoms with Crippen LogP contribution in [0.5, 0.6) is 0 Å². The van der Waals surface area contributed by atoms with Crippen LogP contribution in [0.3, 0.4) is 0 Å². The van der Waals surface area contributed by atoms with E-state index < -0.39 is 0 Å². The lowest BCUT2D eigenvalue weighted by Gasteiger charge is -2.11. The Balaban J connectivity index is 2.00. The summed E-state index contributed by atoms with van der Waals surface area (Å²) in [4.78, 5) is 12.7. The molecule has 2 fully saturated rings. The highest BCUT2D eigenvalue weighted by molar-refractivity contribution is 5.91. The second kappa shape index (κ2) is 2.78. The van der Waals surface area contributed by atoms with Gasteiger partial charge in [0.05, 0.1) is 0 Å². The van der Waals surface area contributed by atoms with Gasteiger partial charge >= 0.3 is 5.91 Å². The Bertz CT molecular complexity index is 231. The molecule has 3 heteroatoms. The molecule has 1 aliphatic carbocycles. The maximum Gasteiger partial charge on any atom is 0.324 e. The fourth-order valence-corrected chi connectivity index (χ4v) is 2.47. The van der Waals surface area contributed by atoms with E-state index in [0.717, 1.165) is 13.1 Å². The number of likely N-dealkylation sites (tertiary alicyclic amines) is 1. The summed E-state index contributed by atoms with van der Waals surface area (Å²) in [5.41, 5.74) is 0. The second-order valence-electron chi connectivity index (χ2n) is 3.77. The molecule has 1 saturated carbocycles. The first-order chi connectivity index (χ1) is 5.81. The third-order valence-corrected chi connectivity index (χ3v) is 3.11. The average molecular weight is 164 g/mol. The van der Waals surface area contributed by atoms with E-state index in [1.165, 1.54) is 19.3 Å². The normalized spacial score (nSPS) is 33.1. The monoisotopic (exact) mass is 164 g/mol. The number of fused-ring (bicyclic) bond motifs is 1. The quantitative estimate of drug-likeness (QED) is 0.496. The van der Waals surface area contributed by atoms with Crippen LogP contribution in [0.1, 0.15) is 19.3 Å². The molecule has 1 saturated heterocycles. The van der Waals surface area contributed by atoms with Gasteiger partial charge in [-0.2, -0.15) is 5.26 Å². The average Bonchev–Trinajstić information content (AvgIpc) is 2.60. The molecule has 12 heavy (non-hydrogen) atoms. The van der Waals surface area contributed by atoms with Crippen molar-refractivity contribution in [3.8, 4) is 6.07 Å². The van der Waals surface area contributed by atoms with Crippen LogP contribution in [0.2, 0.25) is 0 Å². The molecule has 2 unspecified atom stereocenters. The first-order valence-corrected chi connectivity index (χ1v) is 4.50. The summed E-state index contributed by atoms with van der Waals surface area (Å²) >= 11 is 0. The zero-order chi connectivity index (χ0) is 8.55. The summed E-state index contributed by atoms with van der Waals surface area (Å²) in [5.74, 6) is 1.05. The minimum atomic E-state index is -0.343. The van der Waals surface area contributed by atoms with E-state index in [1.54, 1.807) is 11.0 Å². The third-order valence-electron chi connectivity index (χ3n) is 3.11. The third kappa shape index (κ3) is 1.08. The van der Waals surface area contributed by atoms with Gasteiger partial charge in [0.25, 0.3) is 0 Å². The number of carbonyl (C=O) groups is 1. The summed E-state index contributed by atoms with van der Waals surface area (Å²) < 4.78 is 0. The zero-order valence-electron chi connectivity index (χ0n) is 6.99. The Morgan fingerprint density at radius 3 is 2.42 bits per heavy atom. The van der Waals surface area contributed by atoms with Crippen LogP contribution < -0.4 is 0 Å². The van der Waals surface area contributed by atoms with Crippen LogP contribution in [0.25, 0.3) is 0 Å². The number of amides is 1. The molecule has 3 nitrogen and oxygen atoms in total. The van der Waals surface area contributed by atoms with Crippen molar-refractivity contribution in [3.05, 3.63) is 0 Å². The molecule has 0 N–H and O–H groups in total. The molecular formula is C9H12N2O. The van der Waals surface area contributed by atoms with Gasteiger partial charge in [0.1, 0.15) is 0 Å². The van der Waals surface area contributed by atoms with Crippen molar-refractivity contribution in [1.82, 2.24) is 4.90 Å². The van der Waals surface area contributed by atoms with Crippen LogP contribution >= 0.6 is 0 Å². The largest absolute Gasteiger partial charge is 0.330 e. The molecule has 1 amide bonds. The maximum absolute atomic E-state index is 11.0. The molecular weight excluding hydrogens is 152 g/mol. The van der Waals surface area contributed by atoms with E-state index in [0.29, 0.717) is 11.8 Å². The lowest BCUT2D eigenvalue weighted by Crippen LogP contribution is -2.27. The minimum Gasteiger partial charge on any atom is -0.330 e. The van der Waals surface area contributed by atoms with Gasteiger partial charge in [-0.3, -0.25) is 4.79 Å². The molecule has 1 aliphatic heterocycles. The van der Waals surface area contributed by atoms with Gasteiger partial charge in [-0.1, -0.05) is 6.42 Å². The Hall–Kier alpha value is -1.04. The van der Waals surface area contributed by atoms with E-state index in [1.807, 2.05) is 0 Å². The maximum atomic E-state index is 11.0. The second-order valence-corrected chi connectivity index (χ2v) is 3.77. The van der Waals surface area contributed by atoms with Crippen LogP contribution in [-0.2, 0) is 4.79 Å². The molecule has 0 spiro atoms. The Kier molecular flexibility index (Phi) is 1.76. The predicted molar refractivity (Wildman–Crippen MR) is 43.0 cm³/mol. The summed E-state index contributed by atoms with van der Waals surface area (Å²) in [7, 11) is 0. The van der Waals surface area contributed by atoms with Crippen molar-refractivity contribution >= 4 is 5.91 Å². The van der Waals surface area contributed by atoms with Gasteiger partial charge in [0.2, 0.25) is 0 Å². The molecule has 2 rings (SSSR count). The van der Waals surface area contributed by atoms with Gasteiger partial charge in [0, 0.05) is 13.1 Å². The van der Waals surface area contributed by atoms with Crippen molar-refractivity contribution in [2.75, 3.05) is 13.1 Å². The van der Waals surface area contributed by atoms with Gasteiger partial charge in [0.15, 0.2) is 6.07 Å². The Labute approximate surface area is 72.0 Å². The van der Waals surface area contributed by atoms with Gasteiger partial charge in [-0.25, -0.2) is 0 Å². The number of hydrogen-bond donors (Lipinski definition) is 0. The highest BCUT2D eigenvalue weighted by atomic mass is 16.2. The zero-order valence-corrected chi connectivity index (χ0v) is 6.99. The first kappa shape index (κ1) is 7.60. The number of carbonyl (C=O) groups excluding carboxylic acids is 1. The molecule has 64 valence electrons. The first-order valence-electron chi connectivity index (χ1n) is 4.50. The summed E-state index contributed by atoms with van der Waals surface area (Å²) in [6, 6.07) is 1.68. The Morgan fingerprint density at radius 2 is 1.92 bits per heavy atom. The summed E-state index contributed by atoms with van der Waals surface area (Å²) in [6.07, 6.45) is 3.81. The smallest absolute Gasteiger partial charge is 0.324 e.